The number of hydrogen-bond acceptors (Lipinski definition) is 3. The van der Waals surface area contributed by atoms with Gasteiger partial charge in [0.05, 0.1) is 0 Å². The molecular weight excluding hydrogens is 316 g/mol. The van der Waals surface area contributed by atoms with E-state index < -0.39 is 0 Å². The lowest BCUT2D eigenvalue weighted by atomic mass is 10.2. The Labute approximate surface area is 117 Å². The van der Waals surface area contributed by atoms with Crippen molar-refractivity contribution in [1.29, 1.82) is 0 Å². The molecule has 0 aliphatic rings. The Kier molecular flexibility index (Phi) is 4.42. The lowest BCUT2D eigenvalue weighted by Crippen LogP contribution is -1.90. The van der Waals surface area contributed by atoms with Gasteiger partial charge in [-0.3, -0.25) is 4.79 Å². The number of hydrogen-bond donors (Lipinski definition) is 0. The van der Waals surface area contributed by atoms with Gasteiger partial charge in [-0.05, 0) is 46.4 Å². The van der Waals surface area contributed by atoms with Crippen LogP contribution >= 0.6 is 39.0 Å². The van der Waals surface area contributed by atoms with Crippen LogP contribution in [-0.4, -0.2) is 5.78 Å². The zero-order valence-electron chi connectivity index (χ0n) is 9.27. The molecule has 0 atom stereocenters. The first kappa shape index (κ1) is 12.9. The molecule has 4 heteroatoms. The second-order valence-electron chi connectivity index (χ2n) is 3.56. The molecule has 0 amide bonds. The second-order valence-corrected chi connectivity index (χ2v) is 6.46. The molecule has 1 heterocycles. The van der Waals surface area contributed by atoms with Crippen molar-refractivity contribution in [3.05, 3.63) is 50.6 Å². The monoisotopic (exact) mass is 326 g/mol. The summed E-state index contributed by atoms with van der Waals surface area (Å²) < 4.78 is 1.18. The molecule has 0 aliphatic carbocycles. The summed E-state index contributed by atoms with van der Waals surface area (Å²) >= 11 is 7.06. The number of thiophene rings is 1. The van der Waals surface area contributed by atoms with Gasteiger partial charge in [0.1, 0.15) is 0 Å². The summed E-state index contributed by atoms with van der Waals surface area (Å²) in [5.74, 6) is 1.07. The molecule has 1 aromatic carbocycles. The highest BCUT2D eigenvalue weighted by atomic mass is 79.9. The summed E-state index contributed by atoms with van der Waals surface area (Å²) in [7, 11) is 0. The van der Waals surface area contributed by atoms with Crippen molar-refractivity contribution in [2.45, 2.75) is 17.6 Å². The molecular formula is C13H11BrOS2. The molecule has 0 saturated carbocycles. The molecule has 2 rings (SSSR count). The molecule has 1 nitrogen and oxygen atoms in total. The van der Waals surface area contributed by atoms with Gasteiger partial charge in [0.15, 0.2) is 5.78 Å². The van der Waals surface area contributed by atoms with Crippen LogP contribution in [0.4, 0.5) is 0 Å². The fourth-order valence-electron chi connectivity index (χ4n) is 1.36. The van der Waals surface area contributed by atoms with E-state index in [-0.39, 0.29) is 5.78 Å². The highest BCUT2D eigenvalue weighted by Gasteiger charge is 2.03. The molecule has 0 unspecified atom stereocenters. The summed E-state index contributed by atoms with van der Waals surface area (Å²) in [4.78, 5) is 13.7. The lowest BCUT2D eigenvalue weighted by Gasteiger charge is -2.01. The molecule has 88 valence electrons. The zero-order valence-corrected chi connectivity index (χ0v) is 12.5. The minimum Gasteiger partial charge on any atom is -0.295 e. The maximum absolute atomic E-state index is 11.1. The van der Waals surface area contributed by atoms with Crippen molar-refractivity contribution in [2.75, 3.05) is 0 Å². The Morgan fingerprint density at radius 1 is 1.29 bits per heavy atom. The van der Waals surface area contributed by atoms with Crippen molar-refractivity contribution in [3.8, 4) is 0 Å². The average molecular weight is 327 g/mol. The van der Waals surface area contributed by atoms with E-state index in [4.69, 9.17) is 0 Å². The van der Waals surface area contributed by atoms with E-state index in [1.807, 2.05) is 24.3 Å². The molecule has 0 saturated heterocycles. The van der Waals surface area contributed by atoms with Crippen LogP contribution in [0.1, 0.15) is 22.2 Å². The SMILES string of the molecule is CC(=O)c1ccc(SCc2sccc2Br)cc1. The molecule has 0 aliphatic heterocycles. The van der Waals surface area contributed by atoms with Crippen LogP contribution in [0.25, 0.3) is 0 Å². The summed E-state index contributed by atoms with van der Waals surface area (Å²) in [6.07, 6.45) is 0. The smallest absolute Gasteiger partial charge is 0.159 e. The third kappa shape index (κ3) is 3.44. The molecule has 0 fully saturated rings. The van der Waals surface area contributed by atoms with Crippen LogP contribution in [-0.2, 0) is 5.75 Å². The van der Waals surface area contributed by atoms with Crippen LogP contribution in [0.2, 0.25) is 0 Å². The Bertz CT molecular complexity index is 516. The molecule has 1 aromatic heterocycles. The van der Waals surface area contributed by atoms with E-state index in [0.717, 1.165) is 11.3 Å². The van der Waals surface area contributed by atoms with Gasteiger partial charge in [-0.1, -0.05) is 12.1 Å². The van der Waals surface area contributed by atoms with Gasteiger partial charge in [0.25, 0.3) is 0 Å². The number of carbonyl (C=O) groups excluding carboxylic acids is 1. The van der Waals surface area contributed by atoms with Crippen LogP contribution in [0, 0.1) is 0 Å². The number of Topliss-reactive ketones (excluding diaryl/α,β-unsaturated/α-hetero) is 1. The van der Waals surface area contributed by atoms with Crippen molar-refractivity contribution >= 4 is 44.8 Å². The standard InChI is InChI=1S/C13H11BrOS2/c1-9(15)10-2-4-11(5-3-10)17-8-13-12(14)6-7-16-13/h2-7H,8H2,1H3. The third-order valence-electron chi connectivity index (χ3n) is 2.32. The van der Waals surface area contributed by atoms with E-state index in [2.05, 4.69) is 27.4 Å². The van der Waals surface area contributed by atoms with Crippen LogP contribution < -0.4 is 0 Å². The minimum absolute atomic E-state index is 0.113. The molecule has 0 bridgehead atoms. The van der Waals surface area contributed by atoms with Crippen LogP contribution in [0.15, 0.2) is 45.1 Å². The first-order valence-electron chi connectivity index (χ1n) is 5.12. The topological polar surface area (TPSA) is 17.1 Å². The zero-order chi connectivity index (χ0) is 12.3. The van der Waals surface area contributed by atoms with Gasteiger partial charge in [-0.25, -0.2) is 0 Å². The number of halogens is 1. The summed E-state index contributed by atoms with van der Waals surface area (Å²) in [5.41, 5.74) is 0.770. The van der Waals surface area contributed by atoms with Gasteiger partial charge in [-0.15, -0.1) is 23.1 Å². The predicted octanol–water partition coefficient (Wildman–Crippen LogP) is 5.01. The maximum Gasteiger partial charge on any atom is 0.159 e. The first-order valence-corrected chi connectivity index (χ1v) is 7.78. The van der Waals surface area contributed by atoms with Crippen molar-refractivity contribution < 1.29 is 4.79 Å². The van der Waals surface area contributed by atoms with Crippen molar-refractivity contribution in [1.82, 2.24) is 0 Å². The molecule has 0 N–H and O–H groups in total. The highest BCUT2D eigenvalue weighted by Crippen LogP contribution is 2.30. The highest BCUT2D eigenvalue weighted by molar-refractivity contribution is 9.10. The summed E-state index contributed by atoms with van der Waals surface area (Å²) in [6, 6.07) is 9.84. The lowest BCUT2D eigenvalue weighted by molar-refractivity contribution is 0.101. The summed E-state index contributed by atoms with van der Waals surface area (Å²) in [5, 5.41) is 2.08. The van der Waals surface area contributed by atoms with E-state index in [0.29, 0.717) is 0 Å². The number of carbonyl (C=O) groups is 1. The van der Waals surface area contributed by atoms with Gasteiger partial charge < -0.3 is 0 Å². The Morgan fingerprint density at radius 3 is 2.53 bits per heavy atom. The van der Waals surface area contributed by atoms with Crippen molar-refractivity contribution in [2.24, 2.45) is 0 Å². The molecule has 0 spiro atoms. The average Bonchev–Trinajstić information content (AvgIpc) is 2.73. The quantitative estimate of drug-likeness (QED) is 0.580. The largest absolute Gasteiger partial charge is 0.295 e. The predicted molar refractivity (Wildman–Crippen MR) is 78.0 cm³/mol. The van der Waals surface area contributed by atoms with Crippen LogP contribution in [0.5, 0.6) is 0 Å². The number of rotatable bonds is 4. The van der Waals surface area contributed by atoms with E-state index in [1.165, 1.54) is 14.2 Å². The Hall–Kier alpha value is -0.580. The molecule has 0 radical (unpaired) electrons. The van der Waals surface area contributed by atoms with E-state index in [9.17, 15) is 4.79 Å². The fraction of sp³-hybridized carbons (Fsp3) is 0.154. The number of benzene rings is 1. The fourth-order valence-corrected chi connectivity index (χ4v) is 4.06. The molecule has 2 aromatic rings. The third-order valence-corrected chi connectivity index (χ3v) is 5.47. The van der Waals surface area contributed by atoms with Gasteiger partial charge >= 0.3 is 0 Å². The van der Waals surface area contributed by atoms with E-state index in [1.54, 1.807) is 30.0 Å². The van der Waals surface area contributed by atoms with Gasteiger partial charge in [0.2, 0.25) is 0 Å². The minimum atomic E-state index is 0.113. The number of ketones is 1. The Balaban J connectivity index is 2.00. The maximum atomic E-state index is 11.1. The van der Waals surface area contributed by atoms with Gasteiger partial charge in [-0.2, -0.15) is 0 Å². The Morgan fingerprint density at radius 2 is 2.00 bits per heavy atom. The number of thioether (sulfide) groups is 1. The summed E-state index contributed by atoms with van der Waals surface area (Å²) in [6.45, 7) is 1.59. The normalized spacial score (nSPS) is 10.5. The first-order chi connectivity index (χ1) is 8.16. The van der Waals surface area contributed by atoms with Crippen molar-refractivity contribution in [3.63, 3.8) is 0 Å². The second kappa shape index (κ2) is 5.85. The van der Waals surface area contributed by atoms with Gasteiger partial charge in [0, 0.05) is 25.6 Å². The van der Waals surface area contributed by atoms with Crippen LogP contribution in [0.3, 0.4) is 0 Å². The van der Waals surface area contributed by atoms with E-state index >= 15 is 0 Å². The molecule has 17 heavy (non-hydrogen) atoms.